The molecule has 1 aromatic carbocycles. The molecule has 0 saturated carbocycles. The summed E-state index contributed by atoms with van der Waals surface area (Å²) in [5.41, 5.74) is -2.18. The van der Waals surface area contributed by atoms with Crippen molar-refractivity contribution in [1.29, 1.82) is 0 Å². The summed E-state index contributed by atoms with van der Waals surface area (Å²) in [7, 11) is 0. The van der Waals surface area contributed by atoms with Crippen molar-refractivity contribution in [3.8, 4) is 5.75 Å². The van der Waals surface area contributed by atoms with Crippen LogP contribution < -0.4 is 4.74 Å². The van der Waals surface area contributed by atoms with Crippen molar-refractivity contribution in [3.05, 3.63) is 28.2 Å². The fourth-order valence-corrected chi connectivity index (χ4v) is 1.33. The Hall–Kier alpha value is -1.21. The monoisotopic (exact) mass is 310 g/mol. The second-order valence-electron chi connectivity index (χ2n) is 3.57. The molecule has 0 saturated heterocycles. The lowest BCUT2D eigenvalue weighted by atomic mass is 10.1. The summed E-state index contributed by atoms with van der Waals surface area (Å²) in [4.78, 5) is 10.6. The SMILES string of the molecule is CC(O)(COc1cc(Br)cc(F)c1F)C(=O)O. The van der Waals surface area contributed by atoms with Gasteiger partial charge in [0.05, 0.1) is 0 Å². The Morgan fingerprint density at radius 2 is 2.12 bits per heavy atom. The van der Waals surface area contributed by atoms with Gasteiger partial charge < -0.3 is 14.9 Å². The van der Waals surface area contributed by atoms with Crippen LogP contribution in [0.2, 0.25) is 0 Å². The van der Waals surface area contributed by atoms with Crippen molar-refractivity contribution in [1.82, 2.24) is 0 Å². The molecule has 0 radical (unpaired) electrons. The number of carbonyl (C=O) groups is 1. The van der Waals surface area contributed by atoms with Crippen LogP contribution in [0.5, 0.6) is 5.75 Å². The van der Waals surface area contributed by atoms with Gasteiger partial charge in [-0.3, -0.25) is 0 Å². The van der Waals surface area contributed by atoms with E-state index >= 15 is 0 Å². The molecule has 1 aromatic rings. The highest BCUT2D eigenvalue weighted by Gasteiger charge is 2.31. The fourth-order valence-electron chi connectivity index (χ4n) is 0.917. The van der Waals surface area contributed by atoms with Crippen molar-refractivity contribution in [3.63, 3.8) is 0 Å². The summed E-state index contributed by atoms with van der Waals surface area (Å²) in [5.74, 6) is -4.37. The van der Waals surface area contributed by atoms with Gasteiger partial charge in [-0.05, 0) is 19.1 Å². The smallest absolute Gasteiger partial charge is 0.339 e. The third-order valence-electron chi connectivity index (χ3n) is 1.93. The van der Waals surface area contributed by atoms with Crippen LogP contribution in [0.25, 0.3) is 0 Å². The predicted molar refractivity (Wildman–Crippen MR) is 57.8 cm³/mol. The molecule has 1 unspecified atom stereocenters. The van der Waals surface area contributed by atoms with Crippen LogP contribution in [0, 0.1) is 11.6 Å². The van der Waals surface area contributed by atoms with Gasteiger partial charge in [-0.15, -0.1) is 0 Å². The van der Waals surface area contributed by atoms with E-state index in [-0.39, 0.29) is 4.47 Å². The predicted octanol–water partition coefficient (Wildman–Crippen LogP) is 1.94. The molecule has 7 heteroatoms. The van der Waals surface area contributed by atoms with E-state index in [1.807, 2.05) is 0 Å². The van der Waals surface area contributed by atoms with Crippen LogP contribution in [0.4, 0.5) is 8.78 Å². The molecule has 4 nitrogen and oxygen atoms in total. The maximum atomic E-state index is 13.2. The molecule has 0 aliphatic heterocycles. The first kappa shape index (κ1) is 13.9. The maximum absolute atomic E-state index is 13.2. The van der Waals surface area contributed by atoms with Gasteiger partial charge in [0.25, 0.3) is 0 Å². The molecule has 0 spiro atoms. The summed E-state index contributed by atoms with van der Waals surface area (Å²) in [5, 5.41) is 17.9. The van der Waals surface area contributed by atoms with Crippen LogP contribution in [-0.4, -0.2) is 28.4 Å². The fraction of sp³-hybridized carbons (Fsp3) is 0.300. The quantitative estimate of drug-likeness (QED) is 0.834. The molecule has 1 atom stereocenters. The van der Waals surface area contributed by atoms with Crippen LogP contribution in [0.3, 0.4) is 0 Å². The van der Waals surface area contributed by atoms with E-state index in [1.165, 1.54) is 0 Å². The topological polar surface area (TPSA) is 66.8 Å². The first-order valence-electron chi connectivity index (χ1n) is 4.47. The average Bonchev–Trinajstić information content (AvgIpc) is 2.21. The number of aliphatic hydroxyl groups is 1. The molecule has 0 bridgehead atoms. The number of ether oxygens (including phenoxy) is 1. The van der Waals surface area contributed by atoms with E-state index < -0.39 is 35.6 Å². The van der Waals surface area contributed by atoms with E-state index in [0.29, 0.717) is 0 Å². The second kappa shape index (κ2) is 4.97. The third-order valence-corrected chi connectivity index (χ3v) is 2.39. The minimum absolute atomic E-state index is 0.237. The molecular formula is C10H9BrF2O4. The Kier molecular flexibility index (Phi) is 4.05. The first-order valence-corrected chi connectivity index (χ1v) is 5.26. The van der Waals surface area contributed by atoms with Gasteiger partial charge in [-0.1, -0.05) is 15.9 Å². The van der Waals surface area contributed by atoms with E-state index in [0.717, 1.165) is 19.1 Å². The van der Waals surface area contributed by atoms with Gasteiger partial charge in [0.2, 0.25) is 5.82 Å². The number of aliphatic carboxylic acids is 1. The highest BCUT2D eigenvalue weighted by Crippen LogP contribution is 2.26. The van der Waals surface area contributed by atoms with Crippen molar-refractivity contribution in [2.45, 2.75) is 12.5 Å². The standard InChI is InChI=1S/C10H9BrF2O4/c1-10(16,9(14)15)4-17-7-3-5(11)2-6(12)8(7)13/h2-3,16H,4H2,1H3,(H,14,15). The first-order chi connectivity index (χ1) is 7.74. The van der Waals surface area contributed by atoms with Crippen LogP contribution in [-0.2, 0) is 4.79 Å². The minimum Gasteiger partial charge on any atom is -0.487 e. The molecule has 0 aliphatic carbocycles. The summed E-state index contributed by atoms with van der Waals surface area (Å²) in [6.07, 6.45) is 0. The second-order valence-corrected chi connectivity index (χ2v) is 4.48. The van der Waals surface area contributed by atoms with Gasteiger partial charge in [0, 0.05) is 4.47 Å². The average molecular weight is 311 g/mol. The lowest BCUT2D eigenvalue weighted by Crippen LogP contribution is -2.41. The van der Waals surface area contributed by atoms with Crippen LogP contribution >= 0.6 is 15.9 Å². The van der Waals surface area contributed by atoms with E-state index in [2.05, 4.69) is 15.9 Å². The Morgan fingerprint density at radius 1 is 1.53 bits per heavy atom. The van der Waals surface area contributed by atoms with Gasteiger partial charge >= 0.3 is 5.97 Å². The lowest BCUT2D eigenvalue weighted by Gasteiger charge is -2.18. The highest BCUT2D eigenvalue weighted by atomic mass is 79.9. The largest absolute Gasteiger partial charge is 0.487 e. The normalized spacial score (nSPS) is 14.2. The Morgan fingerprint density at radius 3 is 2.65 bits per heavy atom. The number of hydrogen-bond acceptors (Lipinski definition) is 3. The van der Waals surface area contributed by atoms with Crippen molar-refractivity contribution in [2.75, 3.05) is 6.61 Å². The summed E-state index contributed by atoms with van der Waals surface area (Å²) in [6, 6.07) is 2.04. The maximum Gasteiger partial charge on any atom is 0.339 e. The molecule has 0 heterocycles. The summed E-state index contributed by atoms with van der Waals surface area (Å²) >= 11 is 2.93. The minimum atomic E-state index is -2.18. The number of rotatable bonds is 4. The molecule has 0 fully saturated rings. The van der Waals surface area contributed by atoms with Crippen LogP contribution in [0.1, 0.15) is 6.92 Å². The molecule has 0 aromatic heterocycles. The molecule has 2 N–H and O–H groups in total. The summed E-state index contributed by atoms with van der Waals surface area (Å²) in [6.45, 7) is 0.288. The van der Waals surface area contributed by atoms with Crippen molar-refractivity contribution in [2.24, 2.45) is 0 Å². The lowest BCUT2D eigenvalue weighted by molar-refractivity contribution is -0.159. The zero-order valence-corrected chi connectivity index (χ0v) is 10.3. The van der Waals surface area contributed by atoms with E-state index in [9.17, 15) is 18.7 Å². The molecule has 1 rings (SSSR count). The summed E-state index contributed by atoms with van der Waals surface area (Å²) < 4.78 is 31.1. The molecule has 0 amide bonds. The van der Waals surface area contributed by atoms with Gasteiger partial charge in [-0.25, -0.2) is 9.18 Å². The van der Waals surface area contributed by atoms with Gasteiger partial charge in [0.1, 0.15) is 6.61 Å². The molecule has 17 heavy (non-hydrogen) atoms. The van der Waals surface area contributed by atoms with Gasteiger partial charge in [-0.2, -0.15) is 4.39 Å². The zero-order valence-electron chi connectivity index (χ0n) is 8.71. The highest BCUT2D eigenvalue weighted by molar-refractivity contribution is 9.10. The van der Waals surface area contributed by atoms with E-state index in [1.54, 1.807) is 0 Å². The Labute approximate surface area is 104 Å². The molecular weight excluding hydrogens is 302 g/mol. The number of carboxylic acids is 1. The van der Waals surface area contributed by atoms with Crippen LogP contribution in [0.15, 0.2) is 16.6 Å². The third kappa shape index (κ3) is 3.37. The molecule has 0 aliphatic rings. The Balaban J connectivity index is 2.87. The van der Waals surface area contributed by atoms with Crippen molar-refractivity contribution < 1.29 is 28.5 Å². The van der Waals surface area contributed by atoms with Crippen molar-refractivity contribution >= 4 is 21.9 Å². The van der Waals surface area contributed by atoms with E-state index in [4.69, 9.17) is 9.84 Å². The zero-order chi connectivity index (χ0) is 13.2. The molecule has 94 valence electrons. The number of halogens is 3. The number of benzene rings is 1. The van der Waals surface area contributed by atoms with Gasteiger partial charge in [0.15, 0.2) is 17.2 Å². The number of hydrogen-bond donors (Lipinski definition) is 2. The Bertz CT molecular complexity index is 448. The number of carboxylic acid groups (broad SMARTS) is 1.